The largest absolute Gasteiger partial charge is 0.355 e. The molecule has 3 aromatic rings. The molecule has 0 spiro atoms. The third-order valence-electron chi connectivity index (χ3n) is 4.71. The summed E-state index contributed by atoms with van der Waals surface area (Å²) in [5, 5.41) is 8.75. The molecule has 5 heteroatoms. The Balaban J connectivity index is 1.67. The van der Waals surface area contributed by atoms with E-state index in [4.69, 9.17) is 0 Å². The molecule has 1 aliphatic rings. The summed E-state index contributed by atoms with van der Waals surface area (Å²) in [6.07, 6.45) is 3.07. The fourth-order valence-electron chi connectivity index (χ4n) is 3.29. The number of pyridine rings is 1. The van der Waals surface area contributed by atoms with Gasteiger partial charge in [0.25, 0.3) is 0 Å². The molecular formula is C18H21N5. The van der Waals surface area contributed by atoms with Gasteiger partial charge in [0.05, 0.1) is 5.52 Å². The van der Waals surface area contributed by atoms with Crippen molar-refractivity contribution in [1.29, 1.82) is 0 Å². The smallest absolute Gasteiger partial charge is 0.129 e. The summed E-state index contributed by atoms with van der Waals surface area (Å²) in [5.74, 6) is 1.04. The van der Waals surface area contributed by atoms with Crippen LogP contribution in [0.2, 0.25) is 0 Å². The van der Waals surface area contributed by atoms with E-state index < -0.39 is 0 Å². The van der Waals surface area contributed by atoms with Crippen molar-refractivity contribution in [2.75, 3.05) is 32.1 Å². The summed E-state index contributed by atoms with van der Waals surface area (Å²) in [5.41, 5.74) is 3.17. The summed E-state index contributed by atoms with van der Waals surface area (Å²) in [4.78, 5) is 9.24. The molecule has 1 aliphatic heterocycles. The van der Waals surface area contributed by atoms with Gasteiger partial charge in [-0.05, 0) is 38.7 Å². The van der Waals surface area contributed by atoms with E-state index in [1.54, 1.807) is 0 Å². The van der Waals surface area contributed by atoms with Gasteiger partial charge < -0.3 is 9.80 Å². The molecule has 118 valence electrons. The second kappa shape index (κ2) is 5.66. The number of aromatic nitrogens is 3. The van der Waals surface area contributed by atoms with Crippen LogP contribution in [0, 0.1) is 0 Å². The standard InChI is InChI=1S/C18H21N5/c1-22(2)14-8-10-23(12-14)17-11-13(7-9-19-17)18-15-5-3-4-6-16(15)20-21-18/h3-7,9,11,14H,8,10,12H2,1-2H3,(H,20,21). The molecule has 1 aromatic carbocycles. The van der Waals surface area contributed by atoms with Gasteiger partial charge in [-0.1, -0.05) is 18.2 Å². The van der Waals surface area contributed by atoms with E-state index in [0.29, 0.717) is 6.04 Å². The summed E-state index contributed by atoms with van der Waals surface area (Å²) >= 11 is 0. The van der Waals surface area contributed by atoms with Crippen LogP contribution < -0.4 is 4.90 Å². The number of anilines is 1. The maximum absolute atomic E-state index is 4.57. The minimum Gasteiger partial charge on any atom is -0.355 e. The Hall–Kier alpha value is -2.40. The van der Waals surface area contributed by atoms with E-state index in [0.717, 1.165) is 41.1 Å². The van der Waals surface area contributed by atoms with Gasteiger partial charge >= 0.3 is 0 Å². The second-order valence-corrected chi connectivity index (χ2v) is 6.37. The van der Waals surface area contributed by atoms with Crippen molar-refractivity contribution in [2.45, 2.75) is 12.5 Å². The molecule has 23 heavy (non-hydrogen) atoms. The number of rotatable bonds is 3. The van der Waals surface area contributed by atoms with E-state index in [2.05, 4.69) is 57.3 Å². The number of fused-ring (bicyclic) bond motifs is 1. The molecule has 0 amide bonds. The highest BCUT2D eigenvalue weighted by Gasteiger charge is 2.25. The molecule has 4 rings (SSSR count). The zero-order chi connectivity index (χ0) is 15.8. The molecule has 5 nitrogen and oxygen atoms in total. The van der Waals surface area contributed by atoms with Crippen molar-refractivity contribution in [3.8, 4) is 11.3 Å². The topological polar surface area (TPSA) is 48.0 Å². The van der Waals surface area contributed by atoms with E-state index in [1.807, 2.05) is 24.4 Å². The molecular weight excluding hydrogens is 286 g/mol. The molecule has 0 radical (unpaired) electrons. The molecule has 0 saturated carbocycles. The van der Waals surface area contributed by atoms with Crippen LogP contribution in [0.3, 0.4) is 0 Å². The number of nitrogens with one attached hydrogen (secondary N) is 1. The SMILES string of the molecule is CN(C)C1CCN(c2cc(-c3n[nH]c4ccccc34)ccn2)C1. The summed E-state index contributed by atoms with van der Waals surface area (Å²) in [6.45, 7) is 2.09. The molecule has 0 bridgehead atoms. The molecule has 1 fully saturated rings. The fourth-order valence-corrected chi connectivity index (χ4v) is 3.29. The average Bonchev–Trinajstić information content (AvgIpc) is 3.22. The van der Waals surface area contributed by atoms with Gasteiger partial charge in [-0.2, -0.15) is 5.10 Å². The van der Waals surface area contributed by atoms with E-state index in [9.17, 15) is 0 Å². The molecule has 1 saturated heterocycles. The van der Waals surface area contributed by atoms with Crippen LogP contribution in [0.1, 0.15) is 6.42 Å². The number of H-pyrrole nitrogens is 1. The maximum Gasteiger partial charge on any atom is 0.129 e. The number of benzene rings is 1. The number of hydrogen-bond donors (Lipinski definition) is 1. The molecule has 0 aliphatic carbocycles. The van der Waals surface area contributed by atoms with Gasteiger partial charge in [-0.15, -0.1) is 0 Å². The Labute approximate surface area is 135 Å². The second-order valence-electron chi connectivity index (χ2n) is 6.37. The lowest BCUT2D eigenvalue weighted by Crippen LogP contribution is -2.31. The van der Waals surface area contributed by atoms with Crippen molar-refractivity contribution < 1.29 is 0 Å². The Morgan fingerprint density at radius 2 is 2.09 bits per heavy atom. The van der Waals surface area contributed by atoms with E-state index in [1.165, 1.54) is 6.42 Å². The summed E-state index contributed by atoms with van der Waals surface area (Å²) < 4.78 is 0. The first-order chi connectivity index (χ1) is 11.2. The van der Waals surface area contributed by atoms with Crippen molar-refractivity contribution in [1.82, 2.24) is 20.1 Å². The first-order valence-electron chi connectivity index (χ1n) is 8.03. The van der Waals surface area contributed by atoms with Gasteiger partial charge in [0.15, 0.2) is 0 Å². The number of hydrogen-bond acceptors (Lipinski definition) is 4. The normalized spacial score (nSPS) is 18.2. The number of aromatic amines is 1. The monoisotopic (exact) mass is 307 g/mol. The highest BCUT2D eigenvalue weighted by atomic mass is 15.3. The average molecular weight is 307 g/mol. The van der Waals surface area contributed by atoms with Crippen LogP contribution in [0.5, 0.6) is 0 Å². The molecule has 1 atom stereocenters. The minimum atomic E-state index is 0.603. The first-order valence-corrected chi connectivity index (χ1v) is 8.03. The fraction of sp³-hybridized carbons (Fsp3) is 0.333. The lowest BCUT2D eigenvalue weighted by Gasteiger charge is -2.21. The van der Waals surface area contributed by atoms with Crippen LogP contribution in [0.25, 0.3) is 22.2 Å². The van der Waals surface area contributed by atoms with Crippen LogP contribution in [-0.2, 0) is 0 Å². The van der Waals surface area contributed by atoms with Gasteiger partial charge in [0.2, 0.25) is 0 Å². The van der Waals surface area contributed by atoms with Crippen LogP contribution in [-0.4, -0.2) is 53.3 Å². The van der Waals surface area contributed by atoms with Gasteiger partial charge in [-0.3, -0.25) is 5.10 Å². The minimum absolute atomic E-state index is 0.603. The Bertz CT molecular complexity index is 823. The highest BCUT2D eigenvalue weighted by molar-refractivity contribution is 5.93. The predicted molar refractivity (Wildman–Crippen MR) is 93.6 cm³/mol. The molecule has 3 heterocycles. The maximum atomic E-state index is 4.57. The van der Waals surface area contributed by atoms with Crippen molar-refractivity contribution in [3.63, 3.8) is 0 Å². The van der Waals surface area contributed by atoms with Crippen molar-refractivity contribution in [3.05, 3.63) is 42.6 Å². The predicted octanol–water partition coefficient (Wildman–Crippen LogP) is 2.77. The highest BCUT2D eigenvalue weighted by Crippen LogP contribution is 2.29. The third-order valence-corrected chi connectivity index (χ3v) is 4.71. The Kier molecular flexibility index (Phi) is 3.50. The number of para-hydroxylation sites is 1. The molecule has 1 N–H and O–H groups in total. The Morgan fingerprint density at radius 3 is 2.91 bits per heavy atom. The lowest BCUT2D eigenvalue weighted by atomic mass is 10.1. The third kappa shape index (κ3) is 2.57. The van der Waals surface area contributed by atoms with Crippen molar-refractivity contribution >= 4 is 16.7 Å². The summed E-state index contributed by atoms with van der Waals surface area (Å²) in [6, 6.07) is 13.0. The first kappa shape index (κ1) is 14.2. The van der Waals surface area contributed by atoms with Crippen molar-refractivity contribution in [2.24, 2.45) is 0 Å². The van der Waals surface area contributed by atoms with Gasteiger partial charge in [-0.25, -0.2) is 4.98 Å². The molecule has 2 aromatic heterocycles. The zero-order valence-electron chi connectivity index (χ0n) is 13.5. The summed E-state index contributed by atoms with van der Waals surface area (Å²) in [7, 11) is 4.29. The van der Waals surface area contributed by atoms with Gasteiger partial charge in [0.1, 0.15) is 11.5 Å². The molecule has 1 unspecified atom stereocenters. The number of likely N-dealkylation sites (N-methyl/N-ethyl adjacent to an activating group) is 1. The van der Waals surface area contributed by atoms with Gasteiger partial charge in [0, 0.05) is 36.3 Å². The zero-order valence-corrected chi connectivity index (χ0v) is 13.5. The van der Waals surface area contributed by atoms with E-state index >= 15 is 0 Å². The lowest BCUT2D eigenvalue weighted by molar-refractivity contribution is 0.315. The van der Waals surface area contributed by atoms with Crippen LogP contribution >= 0.6 is 0 Å². The number of nitrogens with zero attached hydrogens (tertiary/aromatic N) is 4. The quantitative estimate of drug-likeness (QED) is 0.808. The van der Waals surface area contributed by atoms with Crippen LogP contribution in [0.15, 0.2) is 42.6 Å². The van der Waals surface area contributed by atoms with Crippen LogP contribution in [0.4, 0.5) is 5.82 Å². The van der Waals surface area contributed by atoms with E-state index in [-0.39, 0.29) is 0 Å². The Morgan fingerprint density at radius 1 is 1.22 bits per heavy atom.